The standard InChI is InChI=1S/C15H15NO3/c1-15(2)13-12(18-13)10-11(17-3)8-6-4-5-7-9(8)16-14(10)19-15/h4-7,12-13H,1-3H3/t12-,13-/m1/s1. The maximum atomic E-state index is 6.01. The molecule has 0 aliphatic carbocycles. The molecule has 0 saturated carbocycles. The SMILES string of the molecule is COc1c2c(nc3ccccc13)OC(C)(C)[C@@H]1O[C@H]21. The van der Waals surface area contributed by atoms with Crippen molar-refractivity contribution in [2.75, 3.05) is 7.11 Å². The summed E-state index contributed by atoms with van der Waals surface area (Å²) in [6, 6.07) is 7.93. The summed E-state index contributed by atoms with van der Waals surface area (Å²) >= 11 is 0. The molecule has 1 saturated heterocycles. The first kappa shape index (κ1) is 11.1. The molecule has 0 bridgehead atoms. The molecule has 0 unspecified atom stereocenters. The number of methoxy groups -OCH3 is 1. The number of hydrogen-bond donors (Lipinski definition) is 0. The Kier molecular flexibility index (Phi) is 1.97. The van der Waals surface area contributed by atoms with Gasteiger partial charge in [-0.15, -0.1) is 0 Å². The zero-order chi connectivity index (χ0) is 13.2. The number of rotatable bonds is 1. The van der Waals surface area contributed by atoms with Gasteiger partial charge in [0.2, 0.25) is 5.88 Å². The van der Waals surface area contributed by atoms with E-state index in [9.17, 15) is 0 Å². The van der Waals surface area contributed by atoms with Crippen LogP contribution in [0.4, 0.5) is 0 Å². The number of aromatic nitrogens is 1. The first-order chi connectivity index (χ1) is 9.12. The zero-order valence-electron chi connectivity index (χ0n) is 11.1. The average molecular weight is 257 g/mol. The van der Waals surface area contributed by atoms with Crippen LogP contribution in [0.3, 0.4) is 0 Å². The lowest BCUT2D eigenvalue weighted by Crippen LogP contribution is -2.38. The summed E-state index contributed by atoms with van der Waals surface area (Å²) in [6.07, 6.45) is 0.141. The minimum Gasteiger partial charge on any atom is -0.495 e. The average Bonchev–Trinajstić information content (AvgIpc) is 3.17. The number of ether oxygens (including phenoxy) is 3. The van der Waals surface area contributed by atoms with Gasteiger partial charge in [-0.2, -0.15) is 0 Å². The van der Waals surface area contributed by atoms with Gasteiger partial charge >= 0.3 is 0 Å². The highest BCUT2D eigenvalue weighted by atomic mass is 16.6. The van der Waals surface area contributed by atoms with Crippen molar-refractivity contribution in [2.45, 2.75) is 31.7 Å². The van der Waals surface area contributed by atoms with Crippen LogP contribution in [0.25, 0.3) is 10.9 Å². The number of epoxide rings is 1. The molecule has 2 atom stereocenters. The molecule has 19 heavy (non-hydrogen) atoms. The maximum Gasteiger partial charge on any atom is 0.224 e. The lowest BCUT2D eigenvalue weighted by molar-refractivity contribution is 0.0673. The molecule has 4 heteroatoms. The molecule has 0 amide bonds. The van der Waals surface area contributed by atoms with Gasteiger partial charge in [0.1, 0.15) is 23.6 Å². The Morgan fingerprint density at radius 1 is 1.26 bits per heavy atom. The lowest BCUT2D eigenvalue weighted by Gasteiger charge is -2.29. The molecule has 0 radical (unpaired) electrons. The molecule has 0 spiro atoms. The third kappa shape index (κ3) is 1.40. The minimum absolute atomic E-state index is 0.0470. The van der Waals surface area contributed by atoms with Gasteiger partial charge in [0.15, 0.2) is 0 Å². The summed E-state index contributed by atoms with van der Waals surface area (Å²) < 4.78 is 17.4. The van der Waals surface area contributed by atoms with Crippen molar-refractivity contribution < 1.29 is 14.2 Å². The van der Waals surface area contributed by atoms with Crippen LogP contribution < -0.4 is 9.47 Å². The molecule has 4 rings (SSSR count). The first-order valence-electron chi connectivity index (χ1n) is 6.43. The number of benzene rings is 1. The van der Waals surface area contributed by atoms with E-state index in [1.54, 1.807) is 7.11 Å². The van der Waals surface area contributed by atoms with Crippen LogP contribution in [0.1, 0.15) is 25.5 Å². The molecule has 2 aliphatic rings. The van der Waals surface area contributed by atoms with E-state index < -0.39 is 0 Å². The molecule has 2 aromatic rings. The molecule has 1 aromatic carbocycles. The second-order valence-corrected chi connectivity index (χ2v) is 5.56. The molecule has 1 fully saturated rings. The number of fused-ring (bicyclic) bond motifs is 4. The van der Waals surface area contributed by atoms with Crippen molar-refractivity contribution in [2.24, 2.45) is 0 Å². The molecule has 3 heterocycles. The topological polar surface area (TPSA) is 43.9 Å². The Hall–Kier alpha value is -1.81. The zero-order valence-corrected chi connectivity index (χ0v) is 11.1. The van der Waals surface area contributed by atoms with Crippen molar-refractivity contribution in [1.29, 1.82) is 0 Å². The molecule has 2 aliphatic heterocycles. The monoisotopic (exact) mass is 257 g/mol. The fourth-order valence-corrected chi connectivity index (χ4v) is 2.89. The smallest absolute Gasteiger partial charge is 0.224 e. The second-order valence-electron chi connectivity index (χ2n) is 5.56. The van der Waals surface area contributed by atoms with Gasteiger partial charge in [-0.05, 0) is 26.0 Å². The fraction of sp³-hybridized carbons (Fsp3) is 0.400. The Labute approximate surface area is 111 Å². The van der Waals surface area contributed by atoms with E-state index in [-0.39, 0.29) is 17.8 Å². The van der Waals surface area contributed by atoms with Gasteiger partial charge in [-0.1, -0.05) is 12.1 Å². The first-order valence-corrected chi connectivity index (χ1v) is 6.43. The van der Waals surface area contributed by atoms with Crippen molar-refractivity contribution in [3.63, 3.8) is 0 Å². The summed E-state index contributed by atoms with van der Waals surface area (Å²) in [5.74, 6) is 1.46. The highest BCUT2D eigenvalue weighted by molar-refractivity contribution is 5.88. The van der Waals surface area contributed by atoms with Crippen molar-refractivity contribution in [3.05, 3.63) is 29.8 Å². The van der Waals surface area contributed by atoms with Crippen LogP contribution in [0, 0.1) is 0 Å². The van der Waals surface area contributed by atoms with E-state index in [1.807, 2.05) is 38.1 Å². The van der Waals surface area contributed by atoms with E-state index in [0.29, 0.717) is 5.88 Å². The largest absolute Gasteiger partial charge is 0.495 e. The molecular formula is C15H15NO3. The predicted molar refractivity (Wildman–Crippen MR) is 70.6 cm³/mol. The Bertz CT molecular complexity index is 680. The Balaban J connectivity index is 2.03. The van der Waals surface area contributed by atoms with Gasteiger partial charge in [0.05, 0.1) is 18.2 Å². The third-order valence-corrected chi connectivity index (χ3v) is 3.87. The highest BCUT2D eigenvalue weighted by Crippen LogP contribution is 2.57. The lowest BCUT2D eigenvalue weighted by atomic mass is 9.94. The van der Waals surface area contributed by atoms with Gasteiger partial charge in [-0.3, -0.25) is 0 Å². The summed E-state index contributed by atoms with van der Waals surface area (Å²) in [5, 5.41) is 1.00. The van der Waals surface area contributed by atoms with Crippen molar-refractivity contribution in [1.82, 2.24) is 4.98 Å². The summed E-state index contributed by atoms with van der Waals surface area (Å²) in [6.45, 7) is 4.06. The third-order valence-electron chi connectivity index (χ3n) is 3.87. The summed E-state index contributed by atoms with van der Waals surface area (Å²) in [4.78, 5) is 4.61. The Morgan fingerprint density at radius 3 is 2.84 bits per heavy atom. The molecular weight excluding hydrogens is 242 g/mol. The highest BCUT2D eigenvalue weighted by Gasteiger charge is 2.58. The van der Waals surface area contributed by atoms with Crippen LogP contribution in [0.2, 0.25) is 0 Å². The molecule has 4 nitrogen and oxygen atoms in total. The van der Waals surface area contributed by atoms with E-state index >= 15 is 0 Å². The maximum absolute atomic E-state index is 6.01. The van der Waals surface area contributed by atoms with Crippen LogP contribution in [0.5, 0.6) is 11.6 Å². The van der Waals surface area contributed by atoms with Gasteiger partial charge in [0.25, 0.3) is 0 Å². The quantitative estimate of drug-likeness (QED) is 0.737. The normalized spacial score (nSPS) is 26.3. The predicted octanol–water partition coefficient (Wildman–Crippen LogP) is 2.85. The molecule has 98 valence electrons. The van der Waals surface area contributed by atoms with Crippen LogP contribution >= 0.6 is 0 Å². The van der Waals surface area contributed by atoms with Crippen LogP contribution in [-0.4, -0.2) is 23.8 Å². The van der Waals surface area contributed by atoms with Crippen molar-refractivity contribution in [3.8, 4) is 11.6 Å². The number of pyridine rings is 1. The van der Waals surface area contributed by atoms with E-state index in [2.05, 4.69) is 4.98 Å². The van der Waals surface area contributed by atoms with Gasteiger partial charge in [-0.25, -0.2) is 4.98 Å². The van der Waals surface area contributed by atoms with E-state index in [1.165, 1.54) is 0 Å². The van der Waals surface area contributed by atoms with Gasteiger partial charge in [0, 0.05) is 5.39 Å². The Morgan fingerprint density at radius 2 is 2.05 bits per heavy atom. The second kappa shape index (κ2) is 3.39. The van der Waals surface area contributed by atoms with Crippen LogP contribution in [-0.2, 0) is 4.74 Å². The molecule has 1 aromatic heterocycles. The van der Waals surface area contributed by atoms with Gasteiger partial charge < -0.3 is 14.2 Å². The number of nitrogens with zero attached hydrogens (tertiary/aromatic N) is 1. The fourth-order valence-electron chi connectivity index (χ4n) is 2.89. The summed E-state index contributed by atoms with van der Waals surface area (Å²) in [5.41, 5.74) is 1.50. The van der Waals surface area contributed by atoms with E-state index in [0.717, 1.165) is 22.2 Å². The number of para-hydroxylation sites is 1. The summed E-state index contributed by atoms with van der Waals surface area (Å²) in [7, 11) is 1.68. The van der Waals surface area contributed by atoms with E-state index in [4.69, 9.17) is 14.2 Å². The van der Waals surface area contributed by atoms with Crippen molar-refractivity contribution >= 4 is 10.9 Å². The number of hydrogen-bond acceptors (Lipinski definition) is 4. The minimum atomic E-state index is -0.335. The van der Waals surface area contributed by atoms with Crippen LogP contribution in [0.15, 0.2) is 24.3 Å². The molecule has 0 N–H and O–H groups in total.